The van der Waals surface area contributed by atoms with Crippen LogP contribution in [0.25, 0.3) is 5.57 Å². The molecular formula is C24H18ClNO2S. The molecule has 1 aliphatic heterocycles. The Morgan fingerprint density at radius 3 is 2.17 bits per heavy atom. The van der Waals surface area contributed by atoms with Gasteiger partial charge in [-0.15, -0.1) is 0 Å². The van der Waals surface area contributed by atoms with E-state index < -0.39 is 0 Å². The van der Waals surface area contributed by atoms with Crippen molar-refractivity contribution in [3.8, 4) is 0 Å². The third-order valence-electron chi connectivity index (χ3n) is 4.89. The molecule has 0 saturated carbocycles. The lowest BCUT2D eigenvalue weighted by molar-refractivity contribution is -0.119. The first kappa shape index (κ1) is 19.5. The number of anilines is 1. The van der Waals surface area contributed by atoms with Gasteiger partial charge in [-0.1, -0.05) is 71.9 Å². The van der Waals surface area contributed by atoms with Crippen LogP contribution in [0.5, 0.6) is 0 Å². The predicted molar refractivity (Wildman–Crippen MR) is 119 cm³/mol. The number of rotatable bonds is 4. The van der Waals surface area contributed by atoms with Crippen LogP contribution < -0.4 is 4.90 Å². The topological polar surface area (TPSA) is 37.4 Å². The summed E-state index contributed by atoms with van der Waals surface area (Å²) in [6, 6.07) is 22.3. The summed E-state index contributed by atoms with van der Waals surface area (Å²) in [7, 11) is 0. The number of carbonyl (C=O) groups is 2. The lowest BCUT2D eigenvalue weighted by atomic mass is 10.0. The smallest absolute Gasteiger partial charge is 0.268 e. The monoisotopic (exact) mass is 419 g/mol. The van der Waals surface area contributed by atoms with Gasteiger partial charge in [0, 0.05) is 4.90 Å². The molecule has 5 heteroatoms. The zero-order valence-corrected chi connectivity index (χ0v) is 17.6. The number of para-hydroxylation sites is 1. The molecule has 1 aliphatic rings. The first-order valence-electron chi connectivity index (χ1n) is 9.15. The molecular weight excluding hydrogens is 402 g/mol. The highest BCUT2D eigenvalue weighted by molar-refractivity contribution is 8.04. The number of carbonyl (C=O) groups excluding carboxylic acids is 2. The van der Waals surface area contributed by atoms with Crippen LogP contribution >= 0.6 is 23.4 Å². The summed E-state index contributed by atoms with van der Waals surface area (Å²) in [5, 5.41) is 0.361. The van der Waals surface area contributed by atoms with E-state index in [2.05, 4.69) is 0 Å². The van der Waals surface area contributed by atoms with Crippen molar-refractivity contribution >= 4 is 46.4 Å². The molecule has 144 valence electrons. The lowest BCUT2D eigenvalue weighted by Crippen LogP contribution is -2.31. The molecule has 0 unspecified atom stereocenters. The van der Waals surface area contributed by atoms with E-state index in [0.717, 1.165) is 21.6 Å². The van der Waals surface area contributed by atoms with Crippen LogP contribution in [-0.2, 0) is 9.59 Å². The summed E-state index contributed by atoms with van der Waals surface area (Å²) in [5.41, 5.74) is 3.74. The Bertz CT molecular complexity index is 1150. The summed E-state index contributed by atoms with van der Waals surface area (Å²) in [6.07, 6.45) is 0. The van der Waals surface area contributed by atoms with Crippen LogP contribution in [0.4, 0.5) is 5.69 Å². The second-order valence-electron chi connectivity index (χ2n) is 6.82. The third-order valence-corrected chi connectivity index (χ3v) is 6.30. The van der Waals surface area contributed by atoms with Crippen molar-refractivity contribution in [2.45, 2.75) is 18.7 Å². The highest BCUT2D eigenvalue weighted by Crippen LogP contribution is 2.42. The maximum Gasteiger partial charge on any atom is 0.272 e. The highest BCUT2D eigenvalue weighted by Gasteiger charge is 2.41. The van der Waals surface area contributed by atoms with Crippen LogP contribution in [0.15, 0.2) is 82.6 Å². The number of aryl methyl sites for hydroxylation is 2. The average molecular weight is 420 g/mol. The van der Waals surface area contributed by atoms with Crippen molar-refractivity contribution in [2.24, 2.45) is 0 Å². The van der Waals surface area contributed by atoms with Gasteiger partial charge in [0.25, 0.3) is 11.8 Å². The molecule has 0 spiro atoms. The fourth-order valence-electron chi connectivity index (χ4n) is 3.21. The Morgan fingerprint density at radius 2 is 1.48 bits per heavy atom. The molecule has 0 fully saturated rings. The van der Waals surface area contributed by atoms with Crippen LogP contribution in [0.3, 0.4) is 0 Å². The number of thioether (sulfide) groups is 1. The zero-order valence-electron chi connectivity index (χ0n) is 16.0. The highest BCUT2D eigenvalue weighted by atomic mass is 35.5. The summed E-state index contributed by atoms with van der Waals surface area (Å²) in [6.45, 7) is 4.02. The van der Waals surface area contributed by atoms with E-state index in [1.807, 2.05) is 62.4 Å². The minimum absolute atomic E-state index is 0.356. The Hall–Kier alpha value is -2.82. The molecule has 3 aromatic carbocycles. The predicted octanol–water partition coefficient (Wildman–Crippen LogP) is 6.03. The van der Waals surface area contributed by atoms with E-state index in [1.165, 1.54) is 16.7 Å². The molecule has 4 rings (SSSR count). The molecule has 0 aromatic heterocycles. The summed E-state index contributed by atoms with van der Waals surface area (Å²) in [4.78, 5) is 29.3. The fourth-order valence-corrected chi connectivity index (χ4v) is 4.45. The molecule has 0 bridgehead atoms. The molecule has 2 amide bonds. The van der Waals surface area contributed by atoms with Crippen molar-refractivity contribution < 1.29 is 9.59 Å². The minimum Gasteiger partial charge on any atom is -0.268 e. The van der Waals surface area contributed by atoms with Gasteiger partial charge in [0.1, 0.15) is 0 Å². The standard InChI is InChI=1S/C24H18ClNO2S/c1-15-12-13-17(14-16(15)2)21-22(29-18-8-4-3-5-9-18)24(28)26(23(21)27)20-11-7-6-10-19(20)25/h3-14H,1-2H3. The lowest BCUT2D eigenvalue weighted by Gasteiger charge is -2.16. The maximum atomic E-state index is 13.4. The molecule has 0 saturated heterocycles. The van der Waals surface area contributed by atoms with E-state index in [-0.39, 0.29) is 11.8 Å². The largest absolute Gasteiger partial charge is 0.272 e. The van der Waals surface area contributed by atoms with Crippen molar-refractivity contribution in [1.82, 2.24) is 0 Å². The maximum absolute atomic E-state index is 13.4. The van der Waals surface area contributed by atoms with E-state index in [4.69, 9.17) is 11.6 Å². The first-order chi connectivity index (χ1) is 14.0. The number of hydrogen-bond acceptors (Lipinski definition) is 3. The van der Waals surface area contributed by atoms with Gasteiger partial charge in [0.15, 0.2) is 0 Å². The van der Waals surface area contributed by atoms with Crippen LogP contribution in [-0.4, -0.2) is 11.8 Å². The van der Waals surface area contributed by atoms with Gasteiger partial charge in [0.05, 0.1) is 21.2 Å². The molecule has 0 N–H and O–H groups in total. The van der Waals surface area contributed by atoms with Gasteiger partial charge in [-0.25, -0.2) is 4.90 Å². The second kappa shape index (κ2) is 7.90. The Morgan fingerprint density at radius 1 is 0.793 bits per heavy atom. The molecule has 3 nitrogen and oxygen atoms in total. The Kier molecular flexibility index (Phi) is 5.31. The van der Waals surface area contributed by atoms with E-state index in [1.54, 1.807) is 24.3 Å². The number of amides is 2. The number of benzene rings is 3. The fraction of sp³-hybridized carbons (Fsp3) is 0.0833. The Balaban J connectivity index is 1.87. The molecule has 0 aliphatic carbocycles. The van der Waals surface area contributed by atoms with Gasteiger partial charge in [-0.2, -0.15) is 0 Å². The van der Waals surface area contributed by atoms with Crippen molar-refractivity contribution in [2.75, 3.05) is 4.90 Å². The summed E-state index contributed by atoms with van der Waals surface area (Å²) < 4.78 is 0. The summed E-state index contributed by atoms with van der Waals surface area (Å²) in [5.74, 6) is -0.713. The van der Waals surface area contributed by atoms with Gasteiger partial charge in [0.2, 0.25) is 0 Å². The van der Waals surface area contributed by atoms with Gasteiger partial charge in [-0.3, -0.25) is 9.59 Å². The van der Waals surface area contributed by atoms with E-state index in [0.29, 0.717) is 21.2 Å². The van der Waals surface area contributed by atoms with Crippen molar-refractivity contribution in [1.29, 1.82) is 0 Å². The molecule has 0 radical (unpaired) electrons. The van der Waals surface area contributed by atoms with Gasteiger partial charge < -0.3 is 0 Å². The number of halogens is 1. The summed E-state index contributed by atoms with van der Waals surface area (Å²) >= 11 is 7.62. The van der Waals surface area contributed by atoms with E-state index >= 15 is 0 Å². The third kappa shape index (κ3) is 3.61. The Labute approximate surface area is 179 Å². The van der Waals surface area contributed by atoms with Crippen LogP contribution in [0.1, 0.15) is 16.7 Å². The SMILES string of the molecule is Cc1ccc(C2=C(Sc3ccccc3)C(=O)N(c3ccccc3Cl)C2=O)cc1C. The minimum atomic E-state index is -0.357. The van der Waals surface area contributed by atoms with Gasteiger partial charge in [-0.05, 0) is 54.8 Å². The normalized spacial score (nSPS) is 14.1. The number of nitrogens with zero attached hydrogens (tertiary/aromatic N) is 1. The molecule has 0 atom stereocenters. The van der Waals surface area contributed by atoms with Crippen molar-refractivity contribution in [3.05, 3.63) is 99.4 Å². The quantitative estimate of drug-likeness (QED) is 0.484. The molecule has 3 aromatic rings. The first-order valence-corrected chi connectivity index (χ1v) is 10.3. The van der Waals surface area contributed by atoms with E-state index in [9.17, 15) is 9.59 Å². The van der Waals surface area contributed by atoms with Crippen molar-refractivity contribution in [3.63, 3.8) is 0 Å². The zero-order chi connectivity index (χ0) is 20.5. The molecule has 1 heterocycles. The number of hydrogen-bond donors (Lipinski definition) is 0. The molecule has 29 heavy (non-hydrogen) atoms. The van der Waals surface area contributed by atoms with Gasteiger partial charge >= 0.3 is 0 Å². The second-order valence-corrected chi connectivity index (χ2v) is 8.31. The van der Waals surface area contributed by atoms with Crippen LogP contribution in [0.2, 0.25) is 5.02 Å². The van der Waals surface area contributed by atoms with Crippen LogP contribution in [0, 0.1) is 13.8 Å². The average Bonchev–Trinajstić information content (AvgIpc) is 2.95. The number of imide groups is 1.